The Kier molecular flexibility index (Phi) is 4.75. The summed E-state index contributed by atoms with van der Waals surface area (Å²) in [6, 6.07) is 17.1. The zero-order chi connectivity index (χ0) is 21.4. The molecule has 0 aliphatic carbocycles. The quantitative estimate of drug-likeness (QED) is 0.427. The number of benzene rings is 2. The molecule has 0 fully saturated rings. The number of para-hydroxylation sites is 2. The van der Waals surface area contributed by atoms with Gasteiger partial charge in [0.1, 0.15) is 11.1 Å². The molecule has 3 heterocycles. The fourth-order valence-electron chi connectivity index (χ4n) is 3.26. The fraction of sp³-hybridized carbons (Fsp3) is 0.0952. The Morgan fingerprint density at radius 3 is 2.61 bits per heavy atom. The second-order valence-electron chi connectivity index (χ2n) is 6.67. The van der Waals surface area contributed by atoms with Crippen LogP contribution in [0.5, 0.6) is 5.75 Å². The number of H-pyrrole nitrogens is 1. The van der Waals surface area contributed by atoms with Crippen molar-refractivity contribution in [2.24, 2.45) is 7.05 Å². The molecule has 0 amide bonds. The summed E-state index contributed by atoms with van der Waals surface area (Å²) in [5.74, 6) is 1.35. The van der Waals surface area contributed by atoms with Gasteiger partial charge in [0.25, 0.3) is 5.56 Å². The summed E-state index contributed by atoms with van der Waals surface area (Å²) in [5, 5.41) is 14.3. The number of aromatic nitrogens is 7. The van der Waals surface area contributed by atoms with Crippen LogP contribution in [0, 0.1) is 0 Å². The van der Waals surface area contributed by atoms with E-state index in [0.717, 1.165) is 11.3 Å². The smallest absolute Gasteiger partial charge is 0.262 e. The molecule has 0 atom stereocenters. The van der Waals surface area contributed by atoms with Crippen molar-refractivity contribution in [1.29, 1.82) is 0 Å². The summed E-state index contributed by atoms with van der Waals surface area (Å²) in [6.07, 6.45) is 1.52. The molecule has 0 unspecified atom stereocenters. The average Bonchev–Trinajstić information content (AvgIpc) is 3.38. The van der Waals surface area contributed by atoms with E-state index in [-0.39, 0.29) is 5.56 Å². The van der Waals surface area contributed by atoms with Crippen molar-refractivity contribution in [3.05, 3.63) is 71.1 Å². The van der Waals surface area contributed by atoms with Crippen LogP contribution in [0.15, 0.2) is 75.9 Å². The summed E-state index contributed by atoms with van der Waals surface area (Å²) in [6.45, 7) is 0. The van der Waals surface area contributed by atoms with Gasteiger partial charge in [-0.2, -0.15) is 5.10 Å². The molecular formula is C21H17N7O2S. The number of rotatable bonds is 5. The zero-order valence-corrected chi connectivity index (χ0v) is 17.5. The molecule has 10 heteroatoms. The molecule has 2 aromatic carbocycles. The van der Waals surface area contributed by atoms with Gasteiger partial charge in [-0.15, -0.1) is 10.2 Å². The van der Waals surface area contributed by atoms with Crippen molar-refractivity contribution in [2.75, 3.05) is 7.11 Å². The molecule has 9 nitrogen and oxygen atoms in total. The van der Waals surface area contributed by atoms with Crippen LogP contribution in [0.1, 0.15) is 0 Å². The van der Waals surface area contributed by atoms with E-state index < -0.39 is 0 Å². The van der Waals surface area contributed by atoms with Gasteiger partial charge in [0.2, 0.25) is 0 Å². The maximum atomic E-state index is 12.6. The molecular weight excluding hydrogens is 414 g/mol. The second-order valence-corrected chi connectivity index (χ2v) is 7.62. The lowest BCUT2D eigenvalue weighted by molar-refractivity contribution is 0.416. The highest BCUT2D eigenvalue weighted by molar-refractivity contribution is 7.99. The van der Waals surface area contributed by atoms with Crippen molar-refractivity contribution in [1.82, 2.24) is 34.5 Å². The highest BCUT2D eigenvalue weighted by Crippen LogP contribution is 2.31. The van der Waals surface area contributed by atoms with E-state index in [0.29, 0.717) is 32.9 Å². The number of nitrogens with one attached hydrogen (secondary N) is 1. The minimum atomic E-state index is -0.262. The Labute approximate surface area is 180 Å². The predicted molar refractivity (Wildman–Crippen MR) is 117 cm³/mol. The first kappa shape index (κ1) is 19.1. The van der Waals surface area contributed by atoms with Crippen LogP contribution in [0.25, 0.3) is 28.1 Å². The molecule has 0 saturated carbocycles. The second kappa shape index (κ2) is 7.73. The largest absolute Gasteiger partial charge is 0.496 e. The van der Waals surface area contributed by atoms with E-state index in [1.54, 1.807) is 11.8 Å². The van der Waals surface area contributed by atoms with Gasteiger partial charge in [-0.3, -0.25) is 4.79 Å². The highest BCUT2D eigenvalue weighted by Gasteiger charge is 2.18. The minimum Gasteiger partial charge on any atom is -0.496 e. The van der Waals surface area contributed by atoms with Crippen molar-refractivity contribution < 1.29 is 4.74 Å². The number of hydrogen-bond acceptors (Lipinski definition) is 7. The molecule has 5 aromatic rings. The molecule has 0 radical (unpaired) electrons. The van der Waals surface area contributed by atoms with E-state index in [4.69, 9.17) is 4.74 Å². The van der Waals surface area contributed by atoms with Crippen LogP contribution < -0.4 is 10.3 Å². The van der Waals surface area contributed by atoms with Crippen molar-refractivity contribution in [3.8, 4) is 22.8 Å². The summed E-state index contributed by atoms with van der Waals surface area (Å²) >= 11 is 1.22. The molecule has 0 saturated heterocycles. The van der Waals surface area contributed by atoms with E-state index in [9.17, 15) is 4.79 Å². The number of fused-ring (bicyclic) bond motifs is 1. The van der Waals surface area contributed by atoms with Gasteiger partial charge in [-0.1, -0.05) is 30.3 Å². The number of ether oxygens (including phenoxy) is 1. The van der Waals surface area contributed by atoms with Crippen molar-refractivity contribution in [2.45, 2.75) is 10.3 Å². The van der Waals surface area contributed by atoms with Crippen LogP contribution in [0.4, 0.5) is 0 Å². The number of aromatic amines is 1. The third kappa shape index (κ3) is 3.36. The third-order valence-electron chi connectivity index (χ3n) is 4.79. The van der Waals surface area contributed by atoms with E-state index in [2.05, 4.69) is 25.3 Å². The van der Waals surface area contributed by atoms with E-state index in [1.807, 2.05) is 66.2 Å². The lowest BCUT2D eigenvalue weighted by Crippen LogP contribution is -2.10. The predicted octanol–water partition coefficient (Wildman–Crippen LogP) is 3.06. The molecule has 3 aromatic heterocycles. The van der Waals surface area contributed by atoms with Crippen LogP contribution >= 0.6 is 11.8 Å². The van der Waals surface area contributed by atoms with Crippen LogP contribution in [-0.2, 0) is 7.05 Å². The van der Waals surface area contributed by atoms with Gasteiger partial charge in [-0.05, 0) is 36.0 Å². The van der Waals surface area contributed by atoms with Crippen molar-refractivity contribution in [3.63, 3.8) is 0 Å². The average molecular weight is 431 g/mol. The van der Waals surface area contributed by atoms with Gasteiger partial charge in [0.05, 0.1) is 24.6 Å². The lowest BCUT2D eigenvalue weighted by Gasteiger charge is -2.08. The van der Waals surface area contributed by atoms with Gasteiger partial charge in [0, 0.05) is 7.05 Å². The molecule has 31 heavy (non-hydrogen) atoms. The zero-order valence-electron chi connectivity index (χ0n) is 16.7. The first-order chi connectivity index (χ1) is 15.2. The first-order valence-electron chi connectivity index (χ1n) is 9.40. The summed E-state index contributed by atoms with van der Waals surface area (Å²) < 4.78 is 8.91. The minimum absolute atomic E-state index is 0.262. The third-order valence-corrected chi connectivity index (χ3v) is 5.71. The van der Waals surface area contributed by atoms with Crippen LogP contribution in [-0.4, -0.2) is 41.6 Å². The van der Waals surface area contributed by atoms with Gasteiger partial charge < -0.3 is 14.3 Å². The summed E-state index contributed by atoms with van der Waals surface area (Å²) in [5.41, 5.74) is 1.86. The number of nitrogens with zero attached hydrogens (tertiary/aromatic N) is 6. The first-order valence-corrected chi connectivity index (χ1v) is 10.2. The maximum absolute atomic E-state index is 12.6. The lowest BCUT2D eigenvalue weighted by atomic mass is 10.2. The Hall–Kier alpha value is -3.92. The van der Waals surface area contributed by atoms with Crippen LogP contribution in [0.2, 0.25) is 0 Å². The summed E-state index contributed by atoms with van der Waals surface area (Å²) in [4.78, 5) is 20.0. The SMILES string of the molecule is COc1ccccc1-c1nnc(Sc2nc3c(cnn3-c3ccccc3)c(=O)[nH]2)n1C. The topological polar surface area (TPSA) is 104 Å². The maximum Gasteiger partial charge on any atom is 0.262 e. The molecule has 154 valence electrons. The molecule has 1 N–H and O–H groups in total. The van der Waals surface area contributed by atoms with Crippen LogP contribution in [0.3, 0.4) is 0 Å². The molecule has 0 spiro atoms. The molecule has 5 rings (SSSR count). The summed E-state index contributed by atoms with van der Waals surface area (Å²) in [7, 11) is 3.47. The molecule has 0 aliphatic rings. The Bertz CT molecular complexity index is 1440. The monoisotopic (exact) mass is 431 g/mol. The number of hydrogen-bond donors (Lipinski definition) is 1. The normalized spacial score (nSPS) is 11.2. The Morgan fingerprint density at radius 2 is 1.81 bits per heavy atom. The van der Waals surface area contributed by atoms with Crippen molar-refractivity contribution >= 4 is 22.8 Å². The fourth-order valence-corrected chi connectivity index (χ4v) is 4.01. The number of methoxy groups -OCH3 is 1. The van der Waals surface area contributed by atoms with E-state index >= 15 is 0 Å². The van der Waals surface area contributed by atoms with Gasteiger partial charge in [0.15, 0.2) is 21.8 Å². The Morgan fingerprint density at radius 1 is 1.03 bits per heavy atom. The molecule has 0 aliphatic heterocycles. The Balaban J connectivity index is 1.55. The molecule has 0 bridgehead atoms. The highest BCUT2D eigenvalue weighted by atomic mass is 32.2. The van der Waals surface area contributed by atoms with Gasteiger partial charge in [-0.25, -0.2) is 9.67 Å². The van der Waals surface area contributed by atoms with Gasteiger partial charge >= 0.3 is 0 Å². The van der Waals surface area contributed by atoms with E-state index in [1.165, 1.54) is 18.0 Å². The standard InChI is InChI=1S/C21H17N7O2S/c1-27-18(14-10-6-7-11-16(14)30-2)25-26-21(27)31-20-23-17-15(19(29)24-20)12-22-28(17)13-8-4-3-5-9-13/h3-12H,1-2H3,(H,23,24,29).